The molecule has 0 spiro atoms. The summed E-state index contributed by atoms with van der Waals surface area (Å²) >= 11 is 0. The summed E-state index contributed by atoms with van der Waals surface area (Å²) in [5.41, 5.74) is 1.19. The highest BCUT2D eigenvalue weighted by molar-refractivity contribution is 5.81. The van der Waals surface area contributed by atoms with Crippen LogP contribution in [0.3, 0.4) is 0 Å². The maximum absolute atomic E-state index is 13.0. The molecule has 170 valence electrons. The highest BCUT2D eigenvalue weighted by atomic mass is 16.6. The molecule has 0 aromatic heterocycles. The number of carboxylic acid groups (broad SMARTS) is 2. The van der Waals surface area contributed by atoms with Crippen molar-refractivity contribution >= 4 is 18.2 Å². The standard InChI is InChI=1S/C23H32N2O6/c1-23(2,3)17-12-16(11-15-7-5-4-6-8-15)13-19(17)31-22(30)25-10-9-24(21(28)29)14-18(25)20(26)27/h4-8,16-19H,9-14H2,1-3H3,(H,26,27)(H,28,29). The highest BCUT2D eigenvalue weighted by Gasteiger charge is 2.45. The van der Waals surface area contributed by atoms with Crippen molar-refractivity contribution in [3.63, 3.8) is 0 Å². The van der Waals surface area contributed by atoms with Crippen molar-refractivity contribution in [2.24, 2.45) is 17.3 Å². The fourth-order valence-corrected chi connectivity index (χ4v) is 4.84. The van der Waals surface area contributed by atoms with Crippen LogP contribution < -0.4 is 0 Å². The van der Waals surface area contributed by atoms with Gasteiger partial charge >= 0.3 is 18.2 Å². The summed E-state index contributed by atoms with van der Waals surface area (Å²) in [4.78, 5) is 38.0. The van der Waals surface area contributed by atoms with E-state index in [1.165, 1.54) is 5.56 Å². The summed E-state index contributed by atoms with van der Waals surface area (Å²) < 4.78 is 5.89. The minimum Gasteiger partial charge on any atom is -0.480 e. The van der Waals surface area contributed by atoms with Crippen LogP contribution in [0.5, 0.6) is 0 Å². The molecule has 1 aliphatic heterocycles. The largest absolute Gasteiger partial charge is 0.480 e. The number of aliphatic carboxylic acids is 1. The zero-order valence-electron chi connectivity index (χ0n) is 18.4. The Morgan fingerprint density at radius 1 is 1.06 bits per heavy atom. The maximum atomic E-state index is 13.0. The van der Waals surface area contributed by atoms with Gasteiger partial charge in [-0.15, -0.1) is 0 Å². The molecule has 2 aliphatic rings. The number of hydrogen-bond donors (Lipinski definition) is 2. The number of carbonyl (C=O) groups excluding carboxylic acids is 1. The van der Waals surface area contributed by atoms with Crippen LogP contribution in [0.15, 0.2) is 30.3 Å². The molecule has 4 unspecified atom stereocenters. The van der Waals surface area contributed by atoms with E-state index < -0.39 is 24.2 Å². The Labute approximate surface area is 182 Å². The normalized spacial score (nSPS) is 26.5. The van der Waals surface area contributed by atoms with E-state index in [0.29, 0.717) is 5.92 Å². The SMILES string of the molecule is CC(C)(C)C1CC(Cc2ccccc2)CC1OC(=O)N1CCN(C(=O)O)CC1C(=O)O. The molecule has 1 saturated heterocycles. The molecular weight excluding hydrogens is 400 g/mol. The van der Waals surface area contributed by atoms with Gasteiger partial charge in [0.25, 0.3) is 0 Å². The van der Waals surface area contributed by atoms with Gasteiger partial charge in [0.15, 0.2) is 6.04 Å². The zero-order valence-corrected chi connectivity index (χ0v) is 18.4. The van der Waals surface area contributed by atoms with Crippen molar-refractivity contribution in [2.45, 2.75) is 52.2 Å². The molecule has 1 aromatic carbocycles. The van der Waals surface area contributed by atoms with Gasteiger partial charge in [-0.3, -0.25) is 4.90 Å². The first kappa shape index (κ1) is 22.9. The quantitative estimate of drug-likeness (QED) is 0.753. The molecule has 2 N–H and O–H groups in total. The first-order valence-corrected chi connectivity index (χ1v) is 10.8. The molecule has 1 aliphatic carbocycles. The van der Waals surface area contributed by atoms with Crippen molar-refractivity contribution in [1.29, 1.82) is 0 Å². The number of nitrogens with zero attached hydrogens (tertiary/aromatic N) is 2. The van der Waals surface area contributed by atoms with Crippen LogP contribution in [0.4, 0.5) is 9.59 Å². The van der Waals surface area contributed by atoms with Crippen LogP contribution in [0.2, 0.25) is 0 Å². The molecule has 4 atom stereocenters. The van der Waals surface area contributed by atoms with E-state index in [1.807, 2.05) is 18.2 Å². The van der Waals surface area contributed by atoms with Crippen molar-refractivity contribution in [3.05, 3.63) is 35.9 Å². The molecule has 1 aromatic rings. The monoisotopic (exact) mass is 432 g/mol. The smallest absolute Gasteiger partial charge is 0.410 e. The number of amides is 2. The van der Waals surface area contributed by atoms with Gasteiger partial charge < -0.3 is 19.8 Å². The summed E-state index contributed by atoms with van der Waals surface area (Å²) in [6, 6.07) is 8.99. The highest BCUT2D eigenvalue weighted by Crippen LogP contribution is 2.45. The summed E-state index contributed by atoms with van der Waals surface area (Å²) in [5, 5.41) is 18.7. The van der Waals surface area contributed by atoms with Gasteiger partial charge in [0.2, 0.25) is 0 Å². The average Bonchev–Trinajstić information content (AvgIpc) is 3.10. The Kier molecular flexibility index (Phi) is 6.77. The maximum Gasteiger partial charge on any atom is 0.410 e. The zero-order chi connectivity index (χ0) is 22.8. The van der Waals surface area contributed by atoms with E-state index in [0.717, 1.165) is 29.1 Å². The molecule has 1 saturated carbocycles. The van der Waals surface area contributed by atoms with E-state index >= 15 is 0 Å². The average molecular weight is 433 g/mol. The minimum absolute atomic E-state index is 0.00243. The van der Waals surface area contributed by atoms with E-state index in [9.17, 15) is 19.5 Å². The molecular formula is C23H32N2O6. The van der Waals surface area contributed by atoms with Gasteiger partial charge in [-0.2, -0.15) is 0 Å². The number of ether oxygens (including phenoxy) is 1. The molecule has 31 heavy (non-hydrogen) atoms. The van der Waals surface area contributed by atoms with Crippen LogP contribution in [0.25, 0.3) is 0 Å². The Bertz CT molecular complexity index is 806. The van der Waals surface area contributed by atoms with E-state index in [2.05, 4.69) is 32.9 Å². The summed E-state index contributed by atoms with van der Waals surface area (Å²) in [6.07, 6.45) is 0.425. The number of benzene rings is 1. The van der Waals surface area contributed by atoms with Crippen LogP contribution in [-0.2, 0) is 16.0 Å². The number of carboxylic acids is 1. The van der Waals surface area contributed by atoms with Gasteiger partial charge in [-0.1, -0.05) is 51.1 Å². The van der Waals surface area contributed by atoms with Gasteiger partial charge in [-0.05, 0) is 36.2 Å². The third-order valence-corrected chi connectivity index (χ3v) is 6.50. The van der Waals surface area contributed by atoms with Gasteiger partial charge in [0.05, 0.1) is 6.54 Å². The predicted octanol–water partition coefficient (Wildman–Crippen LogP) is 3.56. The van der Waals surface area contributed by atoms with Crippen LogP contribution in [0, 0.1) is 17.3 Å². The van der Waals surface area contributed by atoms with Gasteiger partial charge in [-0.25, -0.2) is 14.4 Å². The Balaban J connectivity index is 1.70. The predicted molar refractivity (Wildman–Crippen MR) is 114 cm³/mol. The number of carbonyl (C=O) groups is 3. The van der Waals surface area contributed by atoms with Crippen molar-refractivity contribution in [1.82, 2.24) is 9.80 Å². The van der Waals surface area contributed by atoms with Crippen molar-refractivity contribution in [2.75, 3.05) is 19.6 Å². The topological polar surface area (TPSA) is 107 Å². The van der Waals surface area contributed by atoms with E-state index in [1.54, 1.807) is 0 Å². The lowest BCUT2D eigenvalue weighted by molar-refractivity contribution is -0.145. The second-order valence-corrected chi connectivity index (χ2v) is 9.70. The van der Waals surface area contributed by atoms with Crippen molar-refractivity contribution in [3.8, 4) is 0 Å². The molecule has 0 radical (unpaired) electrons. The molecule has 1 heterocycles. The first-order chi connectivity index (χ1) is 14.6. The Hall–Kier alpha value is -2.77. The summed E-state index contributed by atoms with van der Waals surface area (Å²) in [7, 11) is 0. The number of rotatable bonds is 4. The lowest BCUT2D eigenvalue weighted by atomic mass is 9.78. The third kappa shape index (κ3) is 5.48. The fraction of sp³-hybridized carbons (Fsp3) is 0.609. The number of piperazine rings is 1. The van der Waals surface area contributed by atoms with Crippen molar-refractivity contribution < 1.29 is 29.3 Å². The lowest BCUT2D eigenvalue weighted by Gasteiger charge is -2.39. The van der Waals surface area contributed by atoms with Gasteiger partial charge in [0.1, 0.15) is 6.10 Å². The molecule has 8 heteroatoms. The second kappa shape index (κ2) is 9.16. The molecule has 8 nitrogen and oxygen atoms in total. The summed E-state index contributed by atoms with van der Waals surface area (Å²) in [5.74, 6) is -0.694. The van der Waals surface area contributed by atoms with Crippen LogP contribution >= 0.6 is 0 Å². The molecule has 2 amide bonds. The number of hydrogen-bond acceptors (Lipinski definition) is 4. The van der Waals surface area contributed by atoms with E-state index in [-0.39, 0.29) is 37.1 Å². The summed E-state index contributed by atoms with van der Waals surface area (Å²) in [6.45, 7) is 6.21. The molecule has 0 bridgehead atoms. The molecule has 3 rings (SSSR count). The Morgan fingerprint density at radius 2 is 1.74 bits per heavy atom. The molecule has 2 fully saturated rings. The Morgan fingerprint density at radius 3 is 2.32 bits per heavy atom. The second-order valence-electron chi connectivity index (χ2n) is 9.70. The minimum atomic E-state index is -1.24. The lowest BCUT2D eigenvalue weighted by Crippen LogP contribution is -2.59. The van der Waals surface area contributed by atoms with E-state index in [4.69, 9.17) is 9.84 Å². The first-order valence-electron chi connectivity index (χ1n) is 10.8. The fourth-order valence-electron chi connectivity index (χ4n) is 4.84. The third-order valence-electron chi connectivity index (χ3n) is 6.50. The van der Waals surface area contributed by atoms with Crippen LogP contribution in [-0.4, -0.2) is 69.9 Å². The van der Waals surface area contributed by atoms with Crippen LogP contribution in [0.1, 0.15) is 39.2 Å². The van der Waals surface area contributed by atoms with Gasteiger partial charge in [0, 0.05) is 19.0 Å².